The van der Waals surface area contributed by atoms with Gasteiger partial charge in [-0.05, 0) is 49.6 Å². The van der Waals surface area contributed by atoms with Crippen LogP contribution in [-0.2, 0) is 12.8 Å². The highest BCUT2D eigenvalue weighted by molar-refractivity contribution is 14.1. The molecule has 1 aromatic heterocycles. The summed E-state index contributed by atoms with van der Waals surface area (Å²) in [5.74, 6) is 0.0989. The molecule has 0 aliphatic heterocycles. The minimum Gasteiger partial charge on any atom is -0.319 e. The van der Waals surface area contributed by atoms with Crippen LogP contribution in [-0.4, -0.2) is 23.0 Å². The first-order valence-corrected chi connectivity index (χ1v) is 9.07. The fraction of sp³-hybridized carbons (Fsp3) is 0.389. The van der Waals surface area contributed by atoms with Crippen molar-refractivity contribution < 1.29 is 4.39 Å². The van der Waals surface area contributed by atoms with Gasteiger partial charge in [0.1, 0.15) is 5.82 Å². The highest BCUT2D eigenvalue weighted by Gasteiger charge is 2.17. The van der Waals surface area contributed by atoms with E-state index >= 15 is 0 Å². The molecular formula is C18H22FIN2. The number of likely N-dealkylation sites (N-methyl/N-ethyl adjacent to an activating group) is 1. The van der Waals surface area contributed by atoms with Gasteiger partial charge in [0.25, 0.3) is 0 Å². The SMILES string of the molecule is CNCC(Cc1ncc(F)cc1CCI)c1ccccc1C. The second-order valence-corrected chi connectivity index (χ2v) is 6.59. The topological polar surface area (TPSA) is 24.9 Å². The third-order valence-corrected chi connectivity index (χ3v) is 4.45. The zero-order chi connectivity index (χ0) is 15.9. The summed E-state index contributed by atoms with van der Waals surface area (Å²) in [6.45, 7) is 3.02. The number of hydrogen-bond donors (Lipinski definition) is 1. The Morgan fingerprint density at radius 3 is 2.77 bits per heavy atom. The summed E-state index contributed by atoms with van der Waals surface area (Å²) in [6.07, 6.45) is 3.03. The number of hydrogen-bond acceptors (Lipinski definition) is 2. The third kappa shape index (κ3) is 4.49. The fourth-order valence-electron chi connectivity index (χ4n) is 2.83. The smallest absolute Gasteiger partial charge is 0.141 e. The second-order valence-electron chi connectivity index (χ2n) is 5.51. The Kier molecular flexibility index (Phi) is 6.76. The van der Waals surface area contributed by atoms with Gasteiger partial charge >= 0.3 is 0 Å². The summed E-state index contributed by atoms with van der Waals surface area (Å²) >= 11 is 2.32. The van der Waals surface area contributed by atoms with Crippen molar-refractivity contribution in [3.63, 3.8) is 0 Å². The zero-order valence-electron chi connectivity index (χ0n) is 13.1. The number of nitrogens with zero attached hydrogens (tertiary/aromatic N) is 1. The molecule has 0 fully saturated rings. The van der Waals surface area contributed by atoms with Crippen LogP contribution in [0.15, 0.2) is 36.5 Å². The van der Waals surface area contributed by atoms with Crippen molar-refractivity contribution in [3.05, 3.63) is 64.7 Å². The van der Waals surface area contributed by atoms with Crippen molar-refractivity contribution in [1.82, 2.24) is 10.3 Å². The first-order valence-electron chi connectivity index (χ1n) is 7.55. The lowest BCUT2D eigenvalue weighted by atomic mass is 9.89. The Morgan fingerprint density at radius 2 is 2.09 bits per heavy atom. The molecule has 0 saturated carbocycles. The van der Waals surface area contributed by atoms with E-state index in [0.29, 0.717) is 5.92 Å². The molecule has 1 heterocycles. The van der Waals surface area contributed by atoms with Crippen molar-refractivity contribution in [2.45, 2.75) is 25.7 Å². The van der Waals surface area contributed by atoms with Crippen molar-refractivity contribution in [2.75, 3.05) is 18.0 Å². The summed E-state index contributed by atoms with van der Waals surface area (Å²) in [4.78, 5) is 4.37. The van der Waals surface area contributed by atoms with Crippen LogP contribution in [0, 0.1) is 12.7 Å². The lowest BCUT2D eigenvalue weighted by molar-refractivity contribution is 0.595. The fourth-order valence-corrected chi connectivity index (χ4v) is 3.41. The molecule has 0 amide bonds. The predicted molar refractivity (Wildman–Crippen MR) is 98.3 cm³/mol. The average molecular weight is 412 g/mol. The molecular weight excluding hydrogens is 390 g/mol. The van der Waals surface area contributed by atoms with Crippen LogP contribution in [0.5, 0.6) is 0 Å². The number of alkyl halides is 1. The normalized spacial score (nSPS) is 12.4. The second kappa shape index (κ2) is 8.58. The standard InChI is InChI=1S/C18H22FIN2/c1-13-5-3-4-6-17(13)15(11-21-2)10-18-14(7-8-20)9-16(19)12-22-18/h3-6,9,12,15,21H,7-8,10-11H2,1-2H3. The average Bonchev–Trinajstić information content (AvgIpc) is 2.50. The molecule has 2 rings (SSSR count). The maximum atomic E-state index is 13.5. The Hall–Kier alpha value is -1.01. The summed E-state index contributed by atoms with van der Waals surface area (Å²) in [6, 6.07) is 10.1. The van der Waals surface area contributed by atoms with Crippen LogP contribution in [0.1, 0.15) is 28.3 Å². The number of benzene rings is 1. The lowest BCUT2D eigenvalue weighted by Crippen LogP contribution is -2.21. The number of aromatic nitrogens is 1. The summed E-state index contributed by atoms with van der Waals surface area (Å²) in [7, 11) is 1.97. The van der Waals surface area contributed by atoms with Crippen LogP contribution in [0.3, 0.4) is 0 Å². The van der Waals surface area contributed by atoms with Crippen LogP contribution in [0.2, 0.25) is 0 Å². The predicted octanol–water partition coefficient (Wildman–Crippen LogP) is 4.05. The number of halogens is 2. The van der Waals surface area contributed by atoms with Crippen LogP contribution in [0.25, 0.3) is 0 Å². The van der Waals surface area contributed by atoms with Crippen molar-refractivity contribution in [2.24, 2.45) is 0 Å². The van der Waals surface area contributed by atoms with E-state index < -0.39 is 0 Å². The summed E-state index contributed by atoms with van der Waals surface area (Å²) in [5, 5.41) is 3.27. The van der Waals surface area contributed by atoms with Gasteiger partial charge < -0.3 is 5.32 Å². The van der Waals surface area contributed by atoms with Crippen LogP contribution < -0.4 is 5.32 Å². The highest BCUT2D eigenvalue weighted by Crippen LogP contribution is 2.24. The number of nitrogens with one attached hydrogen (secondary N) is 1. The maximum Gasteiger partial charge on any atom is 0.141 e. The largest absolute Gasteiger partial charge is 0.319 e. The molecule has 1 N–H and O–H groups in total. The molecule has 118 valence electrons. The first kappa shape index (κ1) is 17.3. The van der Waals surface area contributed by atoms with Gasteiger partial charge in [0.15, 0.2) is 0 Å². The van der Waals surface area contributed by atoms with E-state index in [9.17, 15) is 4.39 Å². The third-order valence-electron chi connectivity index (χ3n) is 3.91. The van der Waals surface area contributed by atoms with Crippen LogP contribution >= 0.6 is 22.6 Å². The highest BCUT2D eigenvalue weighted by atomic mass is 127. The maximum absolute atomic E-state index is 13.5. The Balaban J connectivity index is 2.30. The minimum absolute atomic E-state index is 0.246. The molecule has 1 aromatic carbocycles. The monoisotopic (exact) mass is 412 g/mol. The molecule has 1 unspecified atom stereocenters. The van der Waals surface area contributed by atoms with Crippen molar-refractivity contribution in [1.29, 1.82) is 0 Å². The van der Waals surface area contributed by atoms with Gasteiger partial charge in [-0.3, -0.25) is 4.98 Å². The summed E-state index contributed by atoms with van der Waals surface area (Å²) < 4.78 is 14.4. The van der Waals surface area contributed by atoms with E-state index in [4.69, 9.17) is 0 Å². The summed E-state index contributed by atoms with van der Waals surface area (Å²) in [5.41, 5.74) is 4.68. The molecule has 2 nitrogen and oxygen atoms in total. The Labute approximate surface area is 145 Å². The molecule has 1 atom stereocenters. The zero-order valence-corrected chi connectivity index (χ0v) is 15.2. The molecule has 0 aliphatic rings. The van der Waals surface area contributed by atoms with E-state index in [0.717, 1.165) is 35.1 Å². The minimum atomic E-state index is -0.246. The van der Waals surface area contributed by atoms with Gasteiger partial charge in [0.2, 0.25) is 0 Å². The molecule has 22 heavy (non-hydrogen) atoms. The molecule has 0 spiro atoms. The van der Waals surface area contributed by atoms with Gasteiger partial charge in [0, 0.05) is 22.6 Å². The van der Waals surface area contributed by atoms with E-state index in [2.05, 4.69) is 64.1 Å². The molecule has 2 aromatic rings. The van der Waals surface area contributed by atoms with Gasteiger partial charge in [-0.15, -0.1) is 0 Å². The lowest BCUT2D eigenvalue weighted by Gasteiger charge is -2.20. The van der Waals surface area contributed by atoms with E-state index in [1.807, 2.05) is 7.05 Å². The van der Waals surface area contributed by atoms with Gasteiger partial charge in [-0.25, -0.2) is 4.39 Å². The molecule has 4 heteroatoms. The van der Waals surface area contributed by atoms with E-state index in [1.165, 1.54) is 17.3 Å². The quantitative estimate of drug-likeness (QED) is 0.548. The van der Waals surface area contributed by atoms with E-state index in [1.54, 1.807) is 6.07 Å². The van der Waals surface area contributed by atoms with Crippen molar-refractivity contribution >= 4 is 22.6 Å². The molecule has 0 bridgehead atoms. The Bertz CT molecular complexity index is 616. The van der Waals surface area contributed by atoms with E-state index in [-0.39, 0.29) is 5.82 Å². The first-order chi connectivity index (χ1) is 10.7. The Morgan fingerprint density at radius 1 is 1.32 bits per heavy atom. The van der Waals surface area contributed by atoms with Gasteiger partial charge in [-0.1, -0.05) is 46.9 Å². The molecule has 0 saturated heterocycles. The number of aryl methyl sites for hydroxylation is 2. The van der Waals surface area contributed by atoms with Crippen LogP contribution in [0.4, 0.5) is 4.39 Å². The molecule has 0 aliphatic carbocycles. The number of pyridine rings is 1. The molecule has 0 radical (unpaired) electrons. The van der Waals surface area contributed by atoms with Gasteiger partial charge in [0.05, 0.1) is 6.20 Å². The van der Waals surface area contributed by atoms with Crippen molar-refractivity contribution in [3.8, 4) is 0 Å². The number of rotatable bonds is 7. The van der Waals surface area contributed by atoms with Gasteiger partial charge in [-0.2, -0.15) is 0 Å².